The first-order valence-electron chi connectivity index (χ1n) is 3.68. The van der Waals surface area contributed by atoms with Gasteiger partial charge in [0.15, 0.2) is 6.73 Å². The van der Waals surface area contributed by atoms with Crippen LogP contribution in [-0.4, -0.2) is 17.9 Å². The molecule has 1 aliphatic rings. The highest BCUT2D eigenvalue weighted by atomic mass is 16.6. The Labute approximate surface area is 73.8 Å². The third-order valence-corrected chi connectivity index (χ3v) is 1.73. The van der Waals surface area contributed by atoms with E-state index >= 15 is 0 Å². The Morgan fingerprint density at radius 3 is 3.15 bits per heavy atom. The highest BCUT2D eigenvalue weighted by Gasteiger charge is 2.11. The van der Waals surface area contributed by atoms with Crippen molar-refractivity contribution in [2.24, 2.45) is 4.99 Å². The highest BCUT2D eigenvalue weighted by Crippen LogP contribution is 2.24. The maximum absolute atomic E-state index is 10.4. The predicted molar refractivity (Wildman–Crippen MR) is 46.2 cm³/mol. The van der Waals surface area contributed by atoms with Crippen molar-refractivity contribution in [1.29, 1.82) is 0 Å². The fourth-order valence-corrected chi connectivity index (χ4v) is 1.12. The number of ether oxygens (including phenoxy) is 1. The van der Waals surface area contributed by atoms with Gasteiger partial charge in [-0.05, 0) is 6.07 Å². The van der Waals surface area contributed by atoms with E-state index in [0.717, 1.165) is 0 Å². The zero-order valence-electron chi connectivity index (χ0n) is 6.64. The van der Waals surface area contributed by atoms with Crippen LogP contribution in [0.25, 0.3) is 0 Å². The van der Waals surface area contributed by atoms with Crippen LogP contribution in [0.4, 0.5) is 5.69 Å². The van der Waals surface area contributed by atoms with Crippen LogP contribution in [0, 0.1) is 10.1 Å². The molecule has 0 amide bonds. The number of benzene rings is 1. The average molecular weight is 178 g/mol. The molecule has 5 heteroatoms. The van der Waals surface area contributed by atoms with Crippen molar-refractivity contribution >= 4 is 11.9 Å². The van der Waals surface area contributed by atoms with Gasteiger partial charge in [0.05, 0.1) is 4.92 Å². The number of nitro benzene ring substituents is 1. The Bertz CT molecular complexity index is 387. The van der Waals surface area contributed by atoms with Crippen molar-refractivity contribution in [3.8, 4) is 5.75 Å². The van der Waals surface area contributed by atoms with Gasteiger partial charge in [-0.1, -0.05) is 0 Å². The largest absolute Gasteiger partial charge is 0.471 e. The van der Waals surface area contributed by atoms with E-state index in [0.29, 0.717) is 11.3 Å². The van der Waals surface area contributed by atoms with Gasteiger partial charge < -0.3 is 4.74 Å². The van der Waals surface area contributed by atoms with Gasteiger partial charge in [-0.2, -0.15) is 0 Å². The van der Waals surface area contributed by atoms with E-state index in [4.69, 9.17) is 4.74 Å². The number of fused-ring (bicyclic) bond motifs is 1. The smallest absolute Gasteiger partial charge is 0.270 e. The minimum absolute atomic E-state index is 0.0516. The molecule has 66 valence electrons. The molecular formula is C8H6N2O3. The highest BCUT2D eigenvalue weighted by molar-refractivity contribution is 5.85. The zero-order chi connectivity index (χ0) is 9.26. The molecule has 0 N–H and O–H groups in total. The molecule has 2 rings (SSSR count). The Balaban J connectivity index is 2.48. The summed E-state index contributed by atoms with van der Waals surface area (Å²) >= 11 is 0. The monoisotopic (exact) mass is 178 g/mol. The fourth-order valence-electron chi connectivity index (χ4n) is 1.12. The lowest BCUT2D eigenvalue weighted by Gasteiger charge is -2.10. The molecule has 13 heavy (non-hydrogen) atoms. The van der Waals surface area contributed by atoms with Gasteiger partial charge in [-0.3, -0.25) is 15.1 Å². The van der Waals surface area contributed by atoms with Crippen molar-refractivity contribution in [1.82, 2.24) is 0 Å². The van der Waals surface area contributed by atoms with Crippen molar-refractivity contribution in [2.45, 2.75) is 0 Å². The van der Waals surface area contributed by atoms with Gasteiger partial charge in [0.2, 0.25) is 0 Å². The summed E-state index contributed by atoms with van der Waals surface area (Å²) in [5.41, 5.74) is 0.705. The molecule has 0 fully saturated rings. The Morgan fingerprint density at radius 2 is 2.38 bits per heavy atom. The summed E-state index contributed by atoms with van der Waals surface area (Å²) in [5.74, 6) is 0.639. The number of nitro groups is 1. The Kier molecular flexibility index (Phi) is 1.70. The summed E-state index contributed by atoms with van der Waals surface area (Å²) in [6.07, 6.45) is 1.58. The lowest BCUT2D eigenvalue weighted by molar-refractivity contribution is -0.384. The second kappa shape index (κ2) is 2.85. The number of rotatable bonds is 1. The minimum Gasteiger partial charge on any atom is -0.471 e. The van der Waals surface area contributed by atoms with E-state index < -0.39 is 4.92 Å². The molecule has 0 atom stereocenters. The molecule has 5 nitrogen and oxygen atoms in total. The van der Waals surface area contributed by atoms with Crippen molar-refractivity contribution < 1.29 is 9.66 Å². The van der Waals surface area contributed by atoms with Gasteiger partial charge in [0.25, 0.3) is 5.69 Å². The summed E-state index contributed by atoms with van der Waals surface area (Å²) < 4.78 is 5.14. The van der Waals surface area contributed by atoms with Crippen LogP contribution in [0.5, 0.6) is 5.75 Å². The lowest BCUT2D eigenvalue weighted by atomic mass is 10.2. The minimum atomic E-state index is -0.442. The molecule has 1 aliphatic heterocycles. The fraction of sp³-hybridized carbons (Fsp3) is 0.125. The second-order valence-electron chi connectivity index (χ2n) is 2.56. The molecule has 1 aromatic rings. The van der Waals surface area contributed by atoms with E-state index in [1.165, 1.54) is 12.1 Å². The number of nitrogens with zero attached hydrogens (tertiary/aromatic N) is 2. The van der Waals surface area contributed by atoms with Gasteiger partial charge in [0.1, 0.15) is 5.75 Å². The summed E-state index contributed by atoms with van der Waals surface area (Å²) in [6, 6.07) is 4.44. The molecule has 0 radical (unpaired) electrons. The van der Waals surface area contributed by atoms with Gasteiger partial charge in [0, 0.05) is 23.9 Å². The van der Waals surface area contributed by atoms with Crippen LogP contribution in [-0.2, 0) is 0 Å². The van der Waals surface area contributed by atoms with E-state index in [-0.39, 0.29) is 12.4 Å². The van der Waals surface area contributed by atoms with Crippen molar-refractivity contribution in [3.05, 3.63) is 33.9 Å². The van der Waals surface area contributed by atoms with E-state index in [1.807, 2.05) is 0 Å². The van der Waals surface area contributed by atoms with Crippen LogP contribution in [0.3, 0.4) is 0 Å². The first-order valence-corrected chi connectivity index (χ1v) is 3.68. The van der Waals surface area contributed by atoms with E-state index in [1.54, 1.807) is 12.3 Å². The maximum Gasteiger partial charge on any atom is 0.270 e. The molecule has 0 unspecified atom stereocenters. The molecule has 1 heterocycles. The Hall–Kier alpha value is -1.91. The first-order chi connectivity index (χ1) is 6.27. The zero-order valence-corrected chi connectivity index (χ0v) is 6.64. The maximum atomic E-state index is 10.4. The number of hydrogen-bond donors (Lipinski definition) is 0. The van der Waals surface area contributed by atoms with Crippen LogP contribution in [0.15, 0.2) is 23.2 Å². The van der Waals surface area contributed by atoms with Crippen LogP contribution in [0.1, 0.15) is 5.56 Å². The third-order valence-electron chi connectivity index (χ3n) is 1.73. The lowest BCUT2D eigenvalue weighted by Crippen LogP contribution is -2.04. The predicted octanol–water partition coefficient (Wildman–Crippen LogP) is 1.36. The molecular weight excluding hydrogens is 172 g/mol. The van der Waals surface area contributed by atoms with Crippen LogP contribution in [0.2, 0.25) is 0 Å². The Morgan fingerprint density at radius 1 is 1.54 bits per heavy atom. The molecule has 0 saturated carbocycles. The molecule has 0 saturated heterocycles. The summed E-state index contributed by atoms with van der Waals surface area (Å²) in [4.78, 5) is 13.8. The quantitative estimate of drug-likeness (QED) is 0.481. The average Bonchev–Trinajstić information content (AvgIpc) is 2.17. The van der Waals surface area contributed by atoms with Gasteiger partial charge in [-0.25, -0.2) is 0 Å². The van der Waals surface area contributed by atoms with E-state index in [9.17, 15) is 10.1 Å². The summed E-state index contributed by atoms with van der Waals surface area (Å²) in [6.45, 7) is 0.283. The normalized spacial score (nSPS) is 13.2. The SMILES string of the molecule is O=[N+]([O-])c1ccc2c(c1)C=NCO2. The number of non-ortho nitro benzene ring substituents is 1. The summed E-state index contributed by atoms with van der Waals surface area (Å²) in [7, 11) is 0. The second-order valence-corrected chi connectivity index (χ2v) is 2.56. The first kappa shape index (κ1) is 7.72. The standard InChI is InChI=1S/C8H6N2O3/c11-10(12)7-1-2-8-6(3-7)4-9-5-13-8/h1-4H,5H2. The van der Waals surface area contributed by atoms with Gasteiger partial charge >= 0.3 is 0 Å². The van der Waals surface area contributed by atoms with Crippen molar-refractivity contribution in [2.75, 3.05) is 6.73 Å². The molecule has 1 aromatic carbocycles. The van der Waals surface area contributed by atoms with Gasteiger partial charge in [-0.15, -0.1) is 0 Å². The molecule has 0 aromatic heterocycles. The topological polar surface area (TPSA) is 64.7 Å². The molecule has 0 aliphatic carbocycles. The number of aliphatic imine (C=N–C) groups is 1. The van der Waals surface area contributed by atoms with Crippen molar-refractivity contribution in [3.63, 3.8) is 0 Å². The van der Waals surface area contributed by atoms with Crippen LogP contribution >= 0.6 is 0 Å². The summed E-state index contributed by atoms with van der Waals surface area (Å²) in [5, 5.41) is 10.4. The molecule has 0 bridgehead atoms. The molecule has 0 spiro atoms. The third kappa shape index (κ3) is 1.35. The number of hydrogen-bond acceptors (Lipinski definition) is 4. The van der Waals surface area contributed by atoms with Crippen LogP contribution < -0.4 is 4.74 Å². The van der Waals surface area contributed by atoms with E-state index in [2.05, 4.69) is 4.99 Å².